The first kappa shape index (κ1) is 14.7. The average molecular weight is 251 g/mol. The molecule has 2 N–H and O–H groups in total. The summed E-state index contributed by atoms with van der Waals surface area (Å²) in [5, 5.41) is 4.29. The molecule has 0 saturated carbocycles. The summed E-state index contributed by atoms with van der Waals surface area (Å²) < 4.78 is 4.51. The summed E-state index contributed by atoms with van der Waals surface area (Å²) in [6.45, 7) is 3.48. The van der Waals surface area contributed by atoms with Crippen molar-refractivity contribution in [2.24, 2.45) is 5.92 Å². The molecule has 0 radical (unpaired) electrons. The van der Waals surface area contributed by atoms with E-state index in [0.717, 1.165) is 0 Å². The number of amides is 3. The number of imide groups is 1. The zero-order valence-corrected chi connectivity index (χ0v) is 10.1. The van der Waals surface area contributed by atoms with Gasteiger partial charge in [0.05, 0.1) is 7.11 Å². The van der Waals surface area contributed by atoms with Crippen molar-refractivity contribution in [3.05, 3.63) is 0 Å². The molecule has 0 fully saturated rings. The Morgan fingerprint density at radius 2 is 1.88 bits per heavy atom. The van der Waals surface area contributed by atoms with Gasteiger partial charge in [-0.15, -0.1) is 11.6 Å². The molecule has 0 rings (SSSR count). The van der Waals surface area contributed by atoms with E-state index >= 15 is 0 Å². The van der Waals surface area contributed by atoms with Gasteiger partial charge in [0.15, 0.2) is 0 Å². The molecule has 0 aliphatic carbocycles. The van der Waals surface area contributed by atoms with Gasteiger partial charge in [0, 0.05) is 0 Å². The Kier molecular flexibility index (Phi) is 6.48. The Hall–Kier alpha value is -1.30. The molecule has 1 atom stereocenters. The van der Waals surface area contributed by atoms with E-state index in [4.69, 9.17) is 11.6 Å². The van der Waals surface area contributed by atoms with Gasteiger partial charge in [-0.05, 0) is 5.92 Å². The summed E-state index contributed by atoms with van der Waals surface area (Å²) in [5.41, 5.74) is 0. The highest BCUT2D eigenvalue weighted by Gasteiger charge is 2.25. The van der Waals surface area contributed by atoms with Crippen LogP contribution in [0.5, 0.6) is 0 Å². The van der Waals surface area contributed by atoms with Crippen LogP contribution in [0, 0.1) is 5.92 Å². The third-order valence-corrected chi connectivity index (χ3v) is 2.03. The van der Waals surface area contributed by atoms with Crippen molar-refractivity contribution in [3.8, 4) is 0 Å². The van der Waals surface area contributed by atoms with E-state index in [1.165, 1.54) is 7.11 Å². The number of nitrogens with one attached hydrogen (secondary N) is 2. The predicted molar refractivity (Wildman–Crippen MR) is 58.0 cm³/mol. The summed E-state index contributed by atoms with van der Waals surface area (Å²) in [5.74, 6) is -1.67. The number of halogens is 1. The first-order valence-corrected chi connectivity index (χ1v) is 5.20. The number of carbonyl (C=O) groups is 3. The number of hydrogen-bond donors (Lipinski definition) is 2. The molecule has 7 heteroatoms. The van der Waals surface area contributed by atoms with Crippen LogP contribution in [0.1, 0.15) is 13.8 Å². The summed E-state index contributed by atoms with van der Waals surface area (Å²) >= 11 is 5.20. The van der Waals surface area contributed by atoms with Gasteiger partial charge in [0.25, 0.3) is 0 Å². The standard InChI is InChI=1S/C9H15ClN2O4/c1-5(2)7(8(14)16-3)12-9(15)11-6(13)4-10/h5,7H,4H2,1-3H3,(H2,11,12,13,15). The van der Waals surface area contributed by atoms with Gasteiger partial charge in [-0.3, -0.25) is 10.1 Å². The summed E-state index contributed by atoms with van der Waals surface area (Å²) in [7, 11) is 1.22. The van der Waals surface area contributed by atoms with Crippen LogP contribution in [0.15, 0.2) is 0 Å². The molecular formula is C9H15ClN2O4. The predicted octanol–water partition coefficient (Wildman–Crippen LogP) is 0.249. The minimum absolute atomic E-state index is 0.149. The molecule has 0 aliphatic rings. The van der Waals surface area contributed by atoms with Crippen molar-refractivity contribution >= 4 is 29.5 Å². The number of urea groups is 1. The molecule has 0 aromatic heterocycles. The molecule has 0 bridgehead atoms. The molecule has 0 aliphatic heterocycles. The van der Waals surface area contributed by atoms with Crippen LogP contribution < -0.4 is 10.6 Å². The molecule has 0 aromatic carbocycles. The van der Waals surface area contributed by atoms with E-state index in [0.29, 0.717) is 0 Å². The number of methoxy groups -OCH3 is 1. The van der Waals surface area contributed by atoms with Crippen LogP contribution in [0.4, 0.5) is 4.79 Å². The first-order valence-electron chi connectivity index (χ1n) is 4.66. The van der Waals surface area contributed by atoms with E-state index in [9.17, 15) is 14.4 Å². The molecular weight excluding hydrogens is 236 g/mol. The number of ether oxygens (including phenoxy) is 1. The van der Waals surface area contributed by atoms with E-state index in [1.807, 2.05) is 5.32 Å². The van der Waals surface area contributed by atoms with Crippen LogP contribution >= 0.6 is 11.6 Å². The number of hydrogen-bond acceptors (Lipinski definition) is 4. The fourth-order valence-electron chi connectivity index (χ4n) is 0.962. The Bertz CT molecular complexity index is 281. The minimum atomic E-state index is -0.798. The van der Waals surface area contributed by atoms with Crippen LogP contribution in [0.3, 0.4) is 0 Å². The van der Waals surface area contributed by atoms with Gasteiger partial charge in [0.1, 0.15) is 11.9 Å². The molecule has 1 unspecified atom stereocenters. The normalized spacial score (nSPS) is 11.8. The lowest BCUT2D eigenvalue weighted by Crippen LogP contribution is -2.50. The van der Waals surface area contributed by atoms with Gasteiger partial charge in [-0.25, -0.2) is 9.59 Å². The molecule has 0 aromatic rings. The maximum absolute atomic E-state index is 11.3. The van der Waals surface area contributed by atoms with Crippen molar-refractivity contribution in [2.45, 2.75) is 19.9 Å². The largest absolute Gasteiger partial charge is 0.467 e. The molecule has 0 spiro atoms. The highest BCUT2D eigenvalue weighted by atomic mass is 35.5. The summed E-state index contributed by atoms with van der Waals surface area (Å²) in [6.07, 6.45) is 0. The summed E-state index contributed by atoms with van der Waals surface area (Å²) in [4.78, 5) is 33.3. The van der Waals surface area contributed by atoms with Crippen molar-refractivity contribution in [2.75, 3.05) is 13.0 Å². The number of alkyl halides is 1. The Balaban J connectivity index is 4.35. The molecule has 0 saturated heterocycles. The lowest BCUT2D eigenvalue weighted by Gasteiger charge is -2.19. The van der Waals surface area contributed by atoms with Crippen LogP contribution in [-0.4, -0.2) is 36.9 Å². The minimum Gasteiger partial charge on any atom is -0.467 e. The topological polar surface area (TPSA) is 84.5 Å². The fraction of sp³-hybridized carbons (Fsp3) is 0.667. The second kappa shape index (κ2) is 7.05. The number of esters is 1. The number of rotatable bonds is 4. The van der Waals surface area contributed by atoms with Gasteiger partial charge in [-0.1, -0.05) is 13.8 Å². The SMILES string of the molecule is COC(=O)C(NC(=O)NC(=O)CCl)C(C)C. The fourth-order valence-corrected chi connectivity index (χ4v) is 1.03. The van der Waals surface area contributed by atoms with E-state index in [-0.39, 0.29) is 11.8 Å². The van der Waals surface area contributed by atoms with E-state index in [2.05, 4.69) is 10.1 Å². The zero-order chi connectivity index (χ0) is 12.7. The Labute approximate surface area is 98.7 Å². The van der Waals surface area contributed by atoms with Gasteiger partial charge in [0.2, 0.25) is 5.91 Å². The zero-order valence-electron chi connectivity index (χ0n) is 9.37. The second-order valence-electron chi connectivity index (χ2n) is 3.40. The van der Waals surface area contributed by atoms with Gasteiger partial charge in [-0.2, -0.15) is 0 Å². The quantitative estimate of drug-likeness (QED) is 0.553. The third-order valence-electron chi connectivity index (χ3n) is 1.78. The molecule has 0 heterocycles. The maximum atomic E-state index is 11.3. The highest BCUT2D eigenvalue weighted by molar-refractivity contribution is 6.28. The maximum Gasteiger partial charge on any atom is 0.328 e. The van der Waals surface area contributed by atoms with Crippen molar-refractivity contribution in [1.82, 2.24) is 10.6 Å². The van der Waals surface area contributed by atoms with Crippen molar-refractivity contribution < 1.29 is 19.1 Å². The smallest absolute Gasteiger partial charge is 0.328 e. The van der Waals surface area contributed by atoms with Crippen LogP contribution in [0.25, 0.3) is 0 Å². The monoisotopic (exact) mass is 250 g/mol. The van der Waals surface area contributed by atoms with Crippen molar-refractivity contribution in [1.29, 1.82) is 0 Å². The molecule has 92 valence electrons. The van der Waals surface area contributed by atoms with Crippen LogP contribution in [-0.2, 0) is 14.3 Å². The van der Waals surface area contributed by atoms with Gasteiger partial charge < -0.3 is 10.1 Å². The third kappa shape index (κ3) is 4.97. The van der Waals surface area contributed by atoms with E-state index < -0.39 is 23.9 Å². The second-order valence-corrected chi connectivity index (χ2v) is 3.67. The molecule has 16 heavy (non-hydrogen) atoms. The number of carbonyl (C=O) groups excluding carboxylic acids is 3. The Morgan fingerprint density at radius 1 is 1.31 bits per heavy atom. The highest BCUT2D eigenvalue weighted by Crippen LogP contribution is 2.03. The average Bonchev–Trinajstić information content (AvgIpc) is 2.24. The van der Waals surface area contributed by atoms with Gasteiger partial charge >= 0.3 is 12.0 Å². The molecule has 6 nitrogen and oxygen atoms in total. The summed E-state index contributed by atoms with van der Waals surface area (Å²) in [6, 6.07) is -1.57. The van der Waals surface area contributed by atoms with E-state index in [1.54, 1.807) is 13.8 Å². The lowest BCUT2D eigenvalue weighted by atomic mass is 10.1. The van der Waals surface area contributed by atoms with Crippen molar-refractivity contribution in [3.63, 3.8) is 0 Å². The Morgan fingerprint density at radius 3 is 2.25 bits per heavy atom. The lowest BCUT2D eigenvalue weighted by molar-refractivity contribution is -0.144. The molecule has 3 amide bonds. The first-order chi connectivity index (χ1) is 7.42. The van der Waals surface area contributed by atoms with Crippen LogP contribution in [0.2, 0.25) is 0 Å².